The Bertz CT molecular complexity index is 304. The quantitative estimate of drug-likeness (QED) is 0.683. The first-order valence-electron chi connectivity index (χ1n) is 6.03. The molecule has 1 heterocycles. The minimum Gasteiger partial charge on any atom is -0.312 e. The van der Waals surface area contributed by atoms with Gasteiger partial charge < -0.3 is 9.80 Å². The SMILES string of the molecule is C=CC(=O)N1CN(CC)CN(C(=O)CCC)C1. The van der Waals surface area contributed by atoms with Crippen LogP contribution in [-0.2, 0) is 9.59 Å². The van der Waals surface area contributed by atoms with E-state index in [1.165, 1.54) is 6.08 Å². The molecule has 0 saturated carbocycles. The van der Waals surface area contributed by atoms with E-state index in [1.54, 1.807) is 9.80 Å². The molecule has 1 saturated heterocycles. The Balaban J connectivity index is 2.69. The van der Waals surface area contributed by atoms with Crippen molar-refractivity contribution in [2.24, 2.45) is 0 Å². The van der Waals surface area contributed by atoms with E-state index in [0.29, 0.717) is 26.4 Å². The maximum absolute atomic E-state index is 11.9. The second-order valence-electron chi connectivity index (χ2n) is 4.18. The largest absolute Gasteiger partial charge is 0.312 e. The van der Waals surface area contributed by atoms with Crippen LogP contribution >= 0.6 is 0 Å². The molecule has 1 rings (SSSR count). The third-order valence-corrected chi connectivity index (χ3v) is 2.83. The zero-order valence-electron chi connectivity index (χ0n) is 10.7. The molecule has 5 heteroatoms. The summed E-state index contributed by atoms with van der Waals surface area (Å²) in [6.45, 7) is 9.84. The van der Waals surface area contributed by atoms with Crippen LogP contribution in [0.4, 0.5) is 0 Å². The molecule has 1 fully saturated rings. The van der Waals surface area contributed by atoms with Crippen molar-refractivity contribution in [1.82, 2.24) is 14.7 Å². The van der Waals surface area contributed by atoms with Crippen LogP contribution < -0.4 is 0 Å². The molecule has 0 bridgehead atoms. The molecule has 0 atom stereocenters. The molecule has 5 nitrogen and oxygen atoms in total. The van der Waals surface area contributed by atoms with E-state index in [9.17, 15) is 9.59 Å². The molecule has 0 aliphatic carbocycles. The van der Waals surface area contributed by atoms with E-state index in [2.05, 4.69) is 11.5 Å². The minimum absolute atomic E-state index is 0.104. The molecule has 0 aromatic heterocycles. The number of hydrogen-bond donors (Lipinski definition) is 0. The van der Waals surface area contributed by atoms with Crippen molar-refractivity contribution >= 4 is 11.8 Å². The van der Waals surface area contributed by atoms with Gasteiger partial charge in [0.2, 0.25) is 11.8 Å². The third-order valence-electron chi connectivity index (χ3n) is 2.83. The monoisotopic (exact) mass is 239 g/mol. The second kappa shape index (κ2) is 6.39. The van der Waals surface area contributed by atoms with Crippen molar-refractivity contribution < 1.29 is 9.59 Å². The lowest BCUT2D eigenvalue weighted by atomic mass is 10.3. The van der Waals surface area contributed by atoms with E-state index < -0.39 is 0 Å². The van der Waals surface area contributed by atoms with Gasteiger partial charge in [0, 0.05) is 6.42 Å². The summed E-state index contributed by atoms with van der Waals surface area (Å²) in [5.74, 6) is -0.0232. The van der Waals surface area contributed by atoms with Crippen LogP contribution in [0.3, 0.4) is 0 Å². The summed E-state index contributed by atoms with van der Waals surface area (Å²) in [5, 5.41) is 0. The van der Waals surface area contributed by atoms with Gasteiger partial charge >= 0.3 is 0 Å². The van der Waals surface area contributed by atoms with Gasteiger partial charge in [0.1, 0.15) is 0 Å². The smallest absolute Gasteiger partial charge is 0.248 e. The topological polar surface area (TPSA) is 43.9 Å². The number of amides is 2. The van der Waals surface area contributed by atoms with Crippen molar-refractivity contribution in [2.45, 2.75) is 26.7 Å². The Morgan fingerprint density at radius 2 is 1.82 bits per heavy atom. The van der Waals surface area contributed by atoms with Crippen LogP contribution in [0.5, 0.6) is 0 Å². The first-order chi connectivity index (χ1) is 8.12. The average Bonchev–Trinajstić information content (AvgIpc) is 2.37. The van der Waals surface area contributed by atoms with Crippen molar-refractivity contribution in [3.63, 3.8) is 0 Å². The first kappa shape index (κ1) is 13.7. The summed E-state index contributed by atoms with van der Waals surface area (Å²) in [6, 6.07) is 0. The molecule has 17 heavy (non-hydrogen) atoms. The average molecular weight is 239 g/mol. The predicted octanol–water partition coefficient (Wildman–Crippen LogP) is 0.838. The summed E-state index contributed by atoms with van der Waals surface area (Å²) in [4.78, 5) is 28.9. The molecule has 1 aliphatic rings. The number of carbonyl (C=O) groups is 2. The van der Waals surface area contributed by atoms with Gasteiger partial charge in [0.15, 0.2) is 0 Å². The number of rotatable bonds is 4. The second-order valence-corrected chi connectivity index (χ2v) is 4.18. The van der Waals surface area contributed by atoms with Crippen molar-refractivity contribution in [3.05, 3.63) is 12.7 Å². The highest BCUT2D eigenvalue weighted by molar-refractivity contribution is 5.87. The highest BCUT2D eigenvalue weighted by Gasteiger charge is 2.26. The summed E-state index contributed by atoms with van der Waals surface area (Å²) in [7, 11) is 0. The van der Waals surface area contributed by atoms with Crippen LogP contribution in [0.2, 0.25) is 0 Å². The summed E-state index contributed by atoms with van der Waals surface area (Å²) in [6.07, 6.45) is 2.66. The Labute approximate surface area is 103 Å². The lowest BCUT2D eigenvalue weighted by Crippen LogP contribution is -2.57. The van der Waals surface area contributed by atoms with Crippen molar-refractivity contribution in [1.29, 1.82) is 0 Å². The van der Waals surface area contributed by atoms with E-state index >= 15 is 0 Å². The van der Waals surface area contributed by atoms with Gasteiger partial charge in [-0.25, -0.2) is 0 Å². The van der Waals surface area contributed by atoms with Crippen LogP contribution in [0.15, 0.2) is 12.7 Å². The van der Waals surface area contributed by atoms with Gasteiger partial charge in [-0.05, 0) is 19.0 Å². The molecule has 2 amide bonds. The zero-order valence-corrected chi connectivity index (χ0v) is 10.7. The Morgan fingerprint density at radius 3 is 2.35 bits per heavy atom. The van der Waals surface area contributed by atoms with Crippen LogP contribution in [0.25, 0.3) is 0 Å². The number of carbonyl (C=O) groups excluding carboxylic acids is 2. The summed E-state index contributed by atoms with van der Waals surface area (Å²) >= 11 is 0. The number of nitrogens with zero attached hydrogens (tertiary/aromatic N) is 3. The van der Waals surface area contributed by atoms with Crippen LogP contribution in [0, 0.1) is 0 Å². The van der Waals surface area contributed by atoms with Gasteiger partial charge in [-0.2, -0.15) is 0 Å². The van der Waals surface area contributed by atoms with Crippen LogP contribution in [0.1, 0.15) is 26.7 Å². The Kier molecular flexibility index (Phi) is 5.15. The molecule has 1 aliphatic heterocycles. The van der Waals surface area contributed by atoms with Gasteiger partial charge in [-0.3, -0.25) is 14.5 Å². The van der Waals surface area contributed by atoms with E-state index in [-0.39, 0.29) is 11.8 Å². The molecule has 0 N–H and O–H groups in total. The zero-order chi connectivity index (χ0) is 12.8. The maximum Gasteiger partial charge on any atom is 0.248 e. The third kappa shape index (κ3) is 3.56. The van der Waals surface area contributed by atoms with Gasteiger partial charge in [-0.1, -0.05) is 20.4 Å². The van der Waals surface area contributed by atoms with E-state index in [1.807, 2.05) is 13.8 Å². The number of hydrogen-bond acceptors (Lipinski definition) is 3. The molecule has 96 valence electrons. The first-order valence-corrected chi connectivity index (χ1v) is 6.03. The fourth-order valence-electron chi connectivity index (χ4n) is 1.82. The molecule has 0 unspecified atom stereocenters. The van der Waals surface area contributed by atoms with E-state index in [4.69, 9.17) is 0 Å². The molecular weight excluding hydrogens is 218 g/mol. The van der Waals surface area contributed by atoms with Gasteiger partial charge in [0.25, 0.3) is 0 Å². The normalized spacial score (nSPS) is 17.1. The Hall–Kier alpha value is -1.36. The molecule has 0 aromatic rings. The van der Waals surface area contributed by atoms with Crippen LogP contribution in [-0.4, -0.2) is 53.1 Å². The highest BCUT2D eigenvalue weighted by Crippen LogP contribution is 2.10. The van der Waals surface area contributed by atoms with Crippen molar-refractivity contribution in [2.75, 3.05) is 26.6 Å². The Morgan fingerprint density at radius 1 is 1.18 bits per heavy atom. The summed E-state index contributed by atoms with van der Waals surface area (Å²) < 4.78 is 0. The molecule has 0 aromatic carbocycles. The fourth-order valence-corrected chi connectivity index (χ4v) is 1.82. The van der Waals surface area contributed by atoms with Gasteiger partial charge in [-0.15, -0.1) is 0 Å². The van der Waals surface area contributed by atoms with Gasteiger partial charge in [0.05, 0.1) is 20.0 Å². The molecule has 0 spiro atoms. The van der Waals surface area contributed by atoms with Crippen molar-refractivity contribution in [3.8, 4) is 0 Å². The standard InChI is InChI=1S/C12H21N3O2/c1-4-7-12(17)15-9-13(6-3)8-14(10-15)11(16)5-2/h5H,2,4,6-10H2,1,3H3. The molecule has 0 radical (unpaired) electrons. The predicted molar refractivity (Wildman–Crippen MR) is 65.8 cm³/mol. The highest BCUT2D eigenvalue weighted by atomic mass is 16.2. The minimum atomic E-state index is -0.127. The van der Waals surface area contributed by atoms with E-state index in [0.717, 1.165) is 13.0 Å². The molecular formula is C12H21N3O2. The summed E-state index contributed by atoms with van der Waals surface area (Å²) in [5.41, 5.74) is 0. The maximum atomic E-state index is 11.9. The lowest BCUT2D eigenvalue weighted by molar-refractivity contribution is -0.149. The fraction of sp³-hybridized carbons (Fsp3) is 0.667. The lowest BCUT2D eigenvalue weighted by Gasteiger charge is -2.41.